The fourth-order valence-corrected chi connectivity index (χ4v) is 3.55. The van der Waals surface area contributed by atoms with E-state index in [0.717, 1.165) is 43.2 Å². The minimum Gasteiger partial charge on any atom is -0.339 e. The number of hydrogen-bond acceptors (Lipinski definition) is 2. The number of halogens is 1. The second-order valence-electron chi connectivity index (χ2n) is 5.67. The first-order chi connectivity index (χ1) is 10.8. The Morgan fingerprint density at radius 3 is 2.73 bits per heavy atom. The molecule has 116 valence electrons. The molecule has 3 heteroatoms. The van der Waals surface area contributed by atoms with E-state index < -0.39 is 0 Å². The van der Waals surface area contributed by atoms with E-state index in [-0.39, 0.29) is 0 Å². The highest BCUT2D eigenvalue weighted by molar-refractivity contribution is 6.50. The summed E-state index contributed by atoms with van der Waals surface area (Å²) in [6, 6.07) is 8.47. The summed E-state index contributed by atoms with van der Waals surface area (Å²) >= 11 is 6.67. The van der Waals surface area contributed by atoms with E-state index in [1.807, 2.05) is 0 Å². The van der Waals surface area contributed by atoms with E-state index in [0.29, 0.717) is 0 Å². The Morgan fingerprint density at radius 1 is 1.18 bits per heavy atom. The molecule has 0 saturated heterocycles. The van der Waals surface area contributed by atoms with Gasteiger partial charge in [-0.3, -0.25) is 0 Å². The highest BCUT2D eigenvalue weighted by atomic mass is 35.5. The Kier molecular flexibility index (Phi) is 4.70. The van der Waals surface area contributed by atoms with Crippen molar-refractivity contribution in [3.8, 4) is 0 Å². The van der Waals surface area contributed by atoms with E-state index >= 15 is 0 Å². The number of allylic oxidation sites excluding steroid dienone is 4. The van der Waals surface area contributed by atoms with Crippen molar-refractivity contribution in [2.75, 3.05) is 31.1 Å². The molecule has 1 aromatic rings. The minimum absolute atomic E-state index is 0.908. The monoisotopic (exact) mass is 314 g/mol. The third kappa shape index (κ3) is 2.73. The van der Waals surface area contributed by atoms with E-state index in [9.17, 15) is 0 Å². The molecule has 0 fully saturated rings. The first-order valence-electron chi connectivity index (χ1n) is 8.11. The maximum atomic E-state index is 6.67. The minimum atomic E-state index is 0.908. The molecule has 0 atom stereocenters. The zero-order chi connectivity index (χ0) is 15.5. The van der Waals surface area contributed by atoms with Crippen molar-refractivity contribution < 1.29 is 0 Å². The Hall–Kier alpha value is -1.51. The SMILES string of the molecule is CCN(CC)CCN1C2=CC=CCC2=C(Cl)c2ccccc21. The molecule has 0 unspecified atom stereocenters. The molecule has 1 aliphatic carbocycles. The van der Waals surface area contributed by atoms with Crippen LogP contribution in [0.4, 0.5) is 5.69 Å². The van der Waals surface area contributed by atoms with Crippen LogP contribution in [0.15, 0.2) is 53.8 Å². The molecular formula is C19H23ClN2. The Bertz CT molecular complexity index is 639. The summed E-state index contributed by atoms with van der Waals surface area (Å²) < 4.78 is 0. The number of nitrogens with zero attached hydrogens (tertiary/aromatic N) is 2. The van der Waals surface area contributed by atoms with Gasteiger partial charge in [-0.2, -0.15) is 0 Å². The third-order valence-electron chi connectivity index (χ3n) is 4.54. The zero-order valence-electron chi connectivity index (χ0n) is 13.3. The maximum Gasteiger partial charge on any atom is 0.0555 e. The third-order valence-corrected chi connectivity index (χ3v) is 4.97. The van der Waals surface area contributed by atoms with Crippen molar-refractivity contribution in [2.45, 2.75) is 20.3 Å². The molecular weight excluding hydrogens is 292 g/mol. The number of rotatable bonds is 5. The van der Waals surface area contributed by atoms with Crippen LogP contribution in [0.1, 0.15) is 25.8 Å². The van der Waals surface area contributed by atoms with Crippen LogP contribution in [0.25, 0.3) is 5.03 Å². The molecule has 2 nitrogen and oxygen atoms in total. The standard InChI is InChI=1S/C19H23ClN2/c1-3-21(4-2)13-14-22-17-11-7-5-9-15(17)19(20)16-10-6-8-12-18(16)22/h5-9,11-12H,3-4,10,13-14H2,1-2H3. The van der Waals surface area contributed by atoms with Crippen molar-refractivity contribution >= 4 is 22.3 Å². The molecule has 0 aromatic heterocycles. The first-order valence-corrected chi connectivity index (χ1v) is 8.49. The second kappa shape index (κ2) is 6.72. The molecule has 0 saturated carbocycles. The number of likely N-dealkylation sites (N-methyl/N-ethyl adjacent to an activating group) is 1. The van der Waals surface area contributed by atoms with Crippen LogP contribution in [0, 0.1) is 0 Å². The summed E-state index contributed by atoms with van der Waals surface area (Å²) in [5.41, 5.74) is 4.90. The number of anilines is 1. The molecule has 1 aromatic carbocycles. The molecule has 2 aliphatic rings. The van der Waals surface area contributed by atoms with E-state index in [1.165, 1.54) is 17.0 Å². The quantitative estimate of drug-likeness (QED) is 0.781. The van der Waals surface area contributed by atoms with Crippen LogP contribution >= 0.6 is 11.6 Å². The predicted octanol–water partition coefficient (Wildman–Crippen LogP) is 4.64. The van der Waals surface area contributed by atoms with Crippen molar-refractivity contribution in [1.82, 2.24) is 4.90 Å². The molecule has 0 N–H and O–H groups in total. The van der Waals surface area contributed by atoms with Crippen LogP contribution in [0.2, 0.25) is 0 Å². The summed E-state index contributed by atoms with van der Waals surface area (Å²) in [6.45, 7) is 8.68. The van der Waals surface area contributed by atoms with Crippen LogP contribution < -0.4 is 4.90 Å². The van der Waals surface area contributed by atoms with Crippen molar-refractivity contribution in [2.24, 2.45) is 0 Å². The van der Waals surface area contributed by atoms with Crippen LogP contribution in [0.3, 0.4) is 0 Å². The molecule has 1 heterocycles. The van der Waals surface area contributed by atoms with Gasteiger partial charge in [0.15, 0.2) is 0 Å². The molecule has 1 aliphatic heterocycles. The fourth-order valence-electron chi connectivity index (χ4n) is 3.21. The first kappa shape index (κ1) is 15.4. The average molecular weight is 315 g/mol. The maximum absolute atomic E-state index is 6.67. The van der Waals surface area contributed by atoms with Gasteiger partial charge < -0.3 is 9.80 Å². The lowest BCUT2D eigenvalue weighted by molar-refractivity contribution is 0.311. The van der Waals surface area contributed by atoms with Crippen molar-refractivity contribution in [1.29, 1.82) is 0 Å². The van der Waals surface area contributed by atoms with Gasteiger partial charge in [0.05, 0.1) is 5.03 Å². The number of fused-ring (bicyclic) bond motifs is 2. The molecule has 0 amide bonds. The van der Waals surface area contributed by atoms with Crippen LogP contribution in [-0.4, -0.2) is 31.1 Å². The summed E-state index contributed by atoms with van der Waals surface area (Å²) in [4.78, 5) is 4.89. The van der Waals surface area contributed by atoms with Gasteiger partial charge in [0, 0.05) is 30.0 Å². The molecule has 0 spiro atoms. The lowest BCUT2D eigenvalue weighted by atomic mass is 9.94. The number of benzene rings is 1. The Balaban J connectivity index is 1.97. The van der Waals surface area contributed by atoms with Gasteiger partial charge in [-0.25, -0.2) is 0 Å². The zero-order valence-corrected chi connectivity index (χ0v) is 14.1. The Labute approximate surface area is 138 Å². The number of para-hydroxylation sites is 1. The van der Waals surface area contributed by atoms with Gasteiger partial charge in [-0.05, 0) is 37.2 Å². The summed E-state index contributed by atoms with van der Waals surface area (Å²) in [5.74, 6) is 0. The lowest BCUT2D eigenvalue weighted by Crippen LogP contribution is -2.37. The van der Waals surface area contributed by atoms with Crippen molar-refractivity contribution in [3.05, 3.63) is 59.3 Å². The van der Waals surface area contributed by atoms with Gasteiger partial charge in [-0.1, -0.05) is 55.8 Å². The highest BCUT2D eigenvalue weighted by Gasteiger charge is 2.27. The fraction of sp³-hybridized carbons (Fsp3) is 0.368. The Morgan fingerprint density at radius 2 is 1.95 bits per heavy atom. The molecule has 22 heavy (non-hydrogen) atoms. The number of hydrogen-bond donors (Lipinski definition) is 0. The topological polar surface area (TPSA) is 6.48 Å². The molecule has 0 radical (unpaired) electrons. The van der Waals surface area contributed by atoms with Crippen LogP contribution in [-0.2, 0) is 0 Å². The molecule has 0 bridgehead atoms. The highest BCUT2D eigenvalue weighted by Crippen LogP contribution is 2.44. The predicted molar refractivity (Wildman–Crippen MR) is 96.2 cm³/mol. The van der Waals surface area contributed by atoms with Gasteiger partial charge in [0.2, 0.25) is 0 Å². The van der Waals surface area contributed by atoms with Crippen molar-refractivity contribution in [3.63, 3.8) is 0 Å². The van der Waals surface area contributed by atoms with Gasteiger partial charge in [0.25, 0.3) is 0 Å². The van der Waals surface area contributed by atoms with E-state index in [1.54, 1.807) is 0 Å². The van der Waals surface area contributed by atoms with Crippen LogP contribution in [0.5, 0.6) is 0 Å². The molecule has 3 rings (SSSR count). The second-order valence-corrected chi connectivity index (χ2v) is 6.05. The van der Waals surface area contributed by atoms with E-state index in [2.05, 4.69) is 66.1 Å². The van der Waals surface area contributed by atoms with Gasteiger partial charge in [-0.15, -0.1) is 0 Å². The largest absolute Gasteiger partial charge is 0.339 e. The normalized spacial score (nSPS) is 16.7. The summed E-state index contributed by atoms with van der Waals surface area (Å²) in [5, 5.41) is 0.908. The van der Waals surface area contributed by atoms with Gasteiger partial charge >= 0.3 is 0 Å². The summed E-state index contributed by atoms with van der Waals surface area (Å²) in [7, 11) is 0. The summed E-state index contributed by atoms with van der Waals surface area (Å²) in [6.07, 6.45) is 7.43. The van der Waals surface area contributed by atoms with Gasteiger partial charge in [0.1, 0.15) is 0 Å². The van der Waals surface area contributed by atoms with E-state index in [4.69, 9.17) is 11.6 Å². The average Bonchev–Trinajstić information content (AvgIpc) is 2.58. The smallest absolute Gasteiger partial charge is 0.0555 e. The lowest BCUT2D eigenvalue weighted by Gasteiger charge is -2.37.